The van der Waals surface area contributed by atoms with Crippen molar-refractivity contribution >= 4 is 16.9 Å². The van der Waals surface area contributed by atoms with Crippen LogP contribution in [0, 0.1) is 0 Å². The third-order valence-electron chi connectivity index (χ3n) is 4.38. The standard InChI is InChI=1S/C19H21N7O/c1-4-5-17-22-18(15-11-21-26(3)19(15)23-17)25(2)12-14-10-16(24-27-14)13-6-8-20-9-7-13/h6-11H,4-5,12H2,1-3H3. The highest BCUT2D eigenvalue weighted by Gasteiger charge is 2.17. The second-order valence-electron chi connectivity index (χ2n) is 6.49. The number of nitrogens with zero attached hydrogens (tertiary/aromatic N) is 7. The van der Waals surface area contributed by atoms with Crippen LogP contribution in [0.25, 0.3) is 22.3 Å². The number of aromatic nitrogens is 6. The summed E-state index contributed by atoms with van der Waals surface area (Å²) in [7, 11) is 3.88. The third-order valence-corrected chi connectivity index (χ3v) is 4.38. The number of rotatable bonds is 6. The highest BCUT2D eigenvalue weighted by molar-refractivity contribution is 5.86. The summed E-state index contributed by atoms with van der Waals surface area (Å²) >= 11 is 0. The van der Waals surface area contributed by atoms with Gasteiger partial charge in [0.05, 0.1) is 18.1 Å². The second kappa shape index (κ2) is 7.14. The SMILES string of the molecule is CCCc1nc(N(C)Cc2cc(-c3ccncc3)no2)c2cnn(C)c2n1. The van der Waals surface area contributed by atoms with E-state index in [9.17, 15) is 0 Å². The average Bonchev–Trinajstić information content (AvgIpc) is 3.29. The van der Waals surface area contributed by atoms with E-state index in [1.54, 1.807) is 23.3 Å². The van der Waals surface area contributed by atoms with E-state index in [1.807, 2.05) is 37.2 Å². The van der Waals surface area contributed by atoms with Crippen LogP contribution in [0.1, 0.15) is 24.9 Å². The maximum absolute atomic E-state index is 5.53. The highest BCUT2D eigenvalue weighted by Crippen LogP contribution is 2.25. The normalized spacial score (nSPS) is 11.2. The summed E-state index contributed by atoms with van der Waals surface area (Å²) in [6, 6.07) is 5.76. The molecule has 0 atom stereocenters. The van der Waals surface area contributed by atoms with Gasteiger partial charge in [0.2, 0.25) is 0 Å². The van der Waals surface area contributed by atoms with Gasteiger partial charge in [-0.25, -0.2) is 9.97 Å². The molecule has 0 aromatic carbocycles. The van der Waals surface area contributed by atoms with Gasteiger partial charge in [0.1, 0.15) is 17.3 Å². The Balaban J connectivity index is 1.63. The van der Waals surface area contributed by atoms with Gasteiger partial charge < -0.3 is 9.42 Å². The number of pyridine rings is 1. The molecule has 27 heavy (non-hydrogen) atoms. The predicted octanol–water partition coefficient (Wildman–Crippen LogP) is 3.00. The van der Waals surface area contributed by atoms with Gasteiger partial charge in [0.15, 0.2) is 11.4 Å². The maximum Gasteiger partial charge on any atom is 0.163 e. The van der Waals surface area contributed by atoms with Crippen LogP contribution in [0.5, 0.6) is 0 Å². The van der Waals surface area contributed by atoms with Gasteiger partial charge in [-0.05, 0) is 18.6 Å². The molecule has 0 bridgehead atoms. The topological polar surface area (TPSA) is 85.8 Å². The average molecular weight is 363 g/mol. The fourth-order valence-corrected chi connectivity index (χ4v) is 3.03. The highest BCUT2D eigenvalue weighted by atomic mass is 16.5. The second-order valence-corrected chi connectivity index (χ2v) is 6.49. The molecule has 8 nitrogen and oxygen atoms in total. The smallest absolute Gasteiger partial charge is 0.163 e. The fourth-order valence-electron chi connectivity index (χ4n) is 3.03. The van der Waals surface area contributed by atoms with Crippen LogP contribution in [-0.4, -0.2) is 36.9 Å². The Kier molecular flexibility index (Phi) is 4.53. The molecule has 0 saturated heterocycles. The Bertz CT molecular complexity index is 1050. The van der Waals surface area contributed by atoms with Crippen molar-refractivity contribution in [1.82, 2.24) is 29.9 Å². The molecule has 0 aliphatic rings. The lowest BCUT2D eigenvalue weighted by Gasteiger charge is -2.18. The van der Waals surface area contributed by atoms with E-state index >= 15 is 0 Å². The van der Waals surface area contributed by atoms with Crippen LogP contribution >= 0.6 is 0 Å². The summed E-state index contributed by atoms with van der Waals surface area (Å²) in [4.78, 5) is 15.5. The molecule has 4 aromatic heterocycles. The Hall–Kier alpha value is -3.29. The van der Waals surface area contributed by atoms with E-state index in [0.717, 1.165) is 52.5 Å². The van der Waals surface area contributed by atoms with E-state index in [4.69, 9.17) is 9.51 Å². The first-order valence-corrected chi connectivity index (χ1v) is 8.91. The first kappa shape index (κ1) is 17.1. The van der Waals surface area contributed by atoms with Crippen molar-refractivity contribution in [3.8, 4) is 11.3 Å². The van der Waals surface area contributed by atoms with Crippen LogP contribution in [0.4, 0.5) is 5.82 Å². The molecule has 0 N–H and O–H groups in total. The molecular weight excluding hydrogens is 342 g/mol. The summed E-state index contributed by atoms with van der Waals surface area (Å²) in [5, 5.41) is 9.43. The van der Waals surface area contributed by atoms with Crippen molar-refractivity contribution in [2.24, 2.45) is 7.05 Å². The molecule has 4 heterocycles. The number of hydrogen-bond acceptors (Lipinski definition) is 7. The van der Waals surface area contributed by atoms with Crippen LogP contribution < -0.4 is 4.90 Å². The van der Waals surface area contributed by atoms with Gasteiger partial charge >= 0.3 is 0 Å². The summed E-state index contributed by atoms with van der Waals surface area (Å²) < 4.78 is 7.31. The molecule has 4 rings (SSSR count). The Morgan fingerprint density at radius 2 is 2.00 bits per heavy atom. The first-order valence-electron chi connectivity index (χ1n) is 8.91. The molecule has 0 aliphatic heterocycles. The molecular formula is C19H21N7O. The monoisotopic (exact) mass is 363 g/mol. The summed E-state index contributed by atoms with van der Waals surface area (Å²) in [6.45, 7) is 2.67. The Morgan fingerprint density at radius 3 is 2.78 bits per heavy atom. The van der Waals surface area contributed by atoms with Gasteiger partial charge in [-0.15, -0.1) is 0 Å². The lowest BCUT2D eigenvalue weighted by atomic mass is 10.2. The first-order chi connectivity index (χ1) is 13.2. The van der Waals surface area contributed by atoms with E-state index in [2.05, 4.69) is 27.1 Å². The van der Waals surface area contributed by atoms with Gasteiger partial charge in [0, 0.05) is 44.5 Å². The number of aryl methyl sites for hydroxylation is 2. The van der Waals surface area contributed by atoms with Gasteiger partial charge in [-0.2, -0.15) is 5.10 Å². The molecule has 4 aromatic rings. The van der Waals surface area contributed by atoms with E-state index < -0.39 is 0 Å². The fraction of sp³-hybridized carbons (Fsp3) is 0.316. The van der Waals surface area contributed by atoms with Gasteiger partial charge in [-0.1, -0.05) is 12.1 Å². The molecule has 0 unspecified atom stereocenters. The van der Waals surface area contributed by atoms with Crippen LogP contribution in [0.2, 0.25) is 0 Å². The lowest BCUT2D eigenvalue weighted by molar-refractivity contribution is 0.385. The maximum atomic E-state index is 5.53. The summed E-state index contributed by atoms with van der Waals surface area (Å²) in [5.41, 5.74) is 2.61. The van der Waals surface area contributed by atoms with E-state index in [1.165, 1.54) is 0 Å². The van der Waals surface area contributed by atoms with Gasteiger partial charge in [-0.3, -0.25) is 9.67 Å². The zero-order valence-corrected chi connectivity index (χ0v) is 15.6. The van der Waals surface area contributed by atoms with Crippen molar-refractivity contribution in [2.75, 3.05) is 11.9 Å². The minimum atomic E-state index is 0.546. The largest absolute Gasteiger partial charge is 0.359 e. The quantitative estimate of drug-likeness (QED) is 0.520. The number of anilines is 1. The van der Waals surface area contributed by atoms with Crippen molar-refractivity contribution in [2.45, 2.75) is 26.3 Å². The van der Waals surface area contributed by atoms with Crippen LogP contribution in [0.3, 0.4) is 0 Å². The van der Waals surface area contributed by atoms with E-state index in [0.29, 0.717) is 6.54 Å². The molecule has 0 spiro atoms. The molecule has 0 fully saturated rings. The zero-order valence-electron chi connectivity index (χ0n) is 15.6. The predicted molar refractivity (Wildman–Crippen MR) is 102 cm³/mol. The van der Waals surface area contributed by atoms with Crippen molar-refractivity contribution in [1.29, 1.82) is 0 Å². The van der Waals surface area contributed by atoms with Crippen LogP contribution in [-0.2, 0) is 20.0 Å². The van der Waals surface area contributed by atoms with Crippen molar-refractivity contribution < 1.29 is 4.52 Å². The molecule has 0 aliphatic carbocycles. The van der Waals surface area contributed by atoms with Gasteiger partial charge in [0.25, 0.3) is 0 Å². The molecule has 138 valence electrons. The summed E-state index contributed by atoms with van der Waals surface area (Å²) in [6.07, 6.45) is 7.11. The summed E-state index contributed by atoms with van der Waals surface area (Å²) in [5.74, 6) is 2.43. The molecule has 0 amide bonds. The number of fused-ring (bicyclic) bond motifs is 1. The lowest BCUT2D eigenvalue weighted by Crippen LogP contribution is -2.19. The Morgan fingerprint density at radius 1 is 1.19 bits per heavy atom. The molecule has 0 saturated carbocycles. The third kappa shape index (κ3) is 3.38. The van der Waals surface area contributed by atoms with Crippen LogP contribution in [0.15, 0.2) is 41.3 Å². The van der Waals surface area contributed by atoms with Crippen molar-refractivity contribution in [3.05, 3.63) is 48.4 Å². The number of hydrogen-bond donors (Lipinski definition) is 0. The molecule has 8 heteroatoms. The zero-order chi connectivity index (χ0) is 18.8. The van der Waals surface area contributed by atoms with E-state index in [-0.39, 0.29) is 0 Å². The minimum Gasteiger partial charge on any atom is -0.359 e. The molecule has 0 radical (unpaired) electrons. The Labute approximate surface area is 156 Å². The van der Waals surface area contributed by atoms with Crippen molar-refractivity contribution in [3.63, 3.8) is 0 Å². The minimum absolute atomic E-state index is 0.546.